The van der Waals surface area contributed by atoms with E-state index in [9.17, 15) is 18.0 Å². The zero-order chi connectivity index (χ0) is 18.7. The van der Waals surface area contributed by atoms with E-state index in [1.165, 1.54) is 6.26 Å². The number of nitrogens with one attached hydrogen (secondary N) is 1. The van der Waals surface area contributed by atoms with Crippen molar-refractivity contribution in [3.05, 3.63) is 24.3 Å². The lowest BCUT2D eigenvalue weighted by molar-refractivity contribution is -0.141. The Morgan fingerprint density at radius 2 is 2.15 bits per heavy atom. The number of carbonyl (C=O) groups excluding carboxylic acids is 1. The Kier molecular flexibility index (Phi) is 5.30. The first-order chi connectivity index (χ1) is 12.3. The molecule has 0 saturated carbocycles. The second-order valence-corrected chi connectivity index (χ2v) is 6.25. The zero-order valence-electron chi connectivity index (χ0n) is 14.1. The van der Waals surface area contributed by atoms with Crippen LogP contribution in [0.3, 0.4) is 0 Å². The van der Waals surface area contributed by atoms with Gasteiger partial charge in [-0.05, 0) is 45.0 Å². The summed E-state index contributed by atoms with van der Waals surface area (Å²) in [6, 6.07) is 3.29. The second-order valence-electron chi connectivity index (χ2n) is 6.25. The lowest BCUT2D eigenvalue weighted by Gasteiger charge is -2.33. The monoisotopic (exact) mass is 372 g/mol. The van der Waals surface area contributed by atoms with Crippen molar-refractivity contribution in [3.8, 4) is 11.6 Å². The van der Waals surface area contributed by atoms with Gasteiger partial charge in [0.1, 0.15) is 6.54 Å². The van der Waals surface area contributed by atoms with E-state index in [0.29, 0.717) is 43.4 Å². The predicted molar refractivity (Wildman–Crippen MR) is 83.8 cm³/mol. The SMILES string of the molecule is C[C@H](c1nc(-c2ccco2)no1)N1CCC(C(=O)NCC(F)(F)F)CC1. The molecular formula is C16H19F3N4O3. The largest absolute Gasteiger partial charge is 0.461 e. The first kappa shape index (κ1) is 18.4. The minimum atomic E-state index is -4.39. The van der Waals surface area contributed by atoms with Crippen LogP contribution in [0.5, 0.6) is 0 Å². The molecule has 3 rings (SSSR count). The van der Waals surface area contributed by atoms with Gasteiger partial charge in [-0.15, -0.1) is 0 Å². The van der Waals surface area contributed by atoms with Gasteiger partial charge in [-0.3, -0.25) is 9.69 Å². The van der Waals surface area contributed by atoms with E-state index in [0.717, 1.165) is 0 Å². The highest BCUT2D eigenvalue weighted by Crippen LogP contribution is 2.27. The van der Waals surface area contributed by atoms with Gasteiger partial charge in [-0.25, -0.2) is 0 Å². The molecular weight excluding hydrogens is 353 g/mol. The Labute approximate surface area is 147 Å². The van der Waals surface area contributed by atoms with E-state index in [1.807, 2.05) is 12.2 Å². The van der Waals surface area contributed by atoms with Crippen LogP contribution in [-0.4, -0.2) is 46.8 Å². The number of rotatable bonds is 5. The molecule has 2 aromatic rings. The fourth-order valence-electron chi connectivity index (χ4n) is 2.95. The van der Waals surface area contributed by atoms with Crippen LogP contribution in [0.2, 0.25) is 0 Å². The van der Waals surface area contributed by atoms with Crippen LogP contribution in [-0.2, 0) is 4.79 Å². The van der Waals surface area contributed by atoms with Crippen LogP contribution in [0.15, 0.2) is 27.3 Å². The molecule has 0 radical (unpaired) electrons. The number of amides is 1. The second kappa shape index (κ2) is 7.48. The molecule has 1 saturated heterocycles. The minimum absolute atomic E-state index is 0.162. The standard InChI is InChI=1S/C16H19F3N4O3/c1-10(15-21-13(22-26-15)12-3-2-8-25-12)23-6-4-11(5-7-23)14(24)20-9-16(17,18)19/h2-3,8,10-11H,4-7,9H2,1H3,(H,20,24)/t10-/m1/s1. The summed E-state index contributed by atoms with van der Waals surface area (Å²) in [5.74, 6) is 0.330. The first-order valence-electron chi connectivity index (χ1n) is 8.29. The number of alkyl halides is 3. The van der Waals surface area contributed by atoms with Gasteiger partial charge in [0.25, 0.3) is 0 Å². The van der Waals surface area contributed by atoms with Crippen molar-refractivity contribution in [1.29, 1.82) is 0 Å². The molecule has 1 aliphatic heterocycles. The molecule has 1 amide bonds. The van der Waals surface area contributed by atoms with Crippen molar-refractivity contribution in [2.75, 3.05) is 19.6 Å². The number of hydrogen-bond acceptors (Lipinski definition) is 6. The minimum Gasteiger partial charge on any atom is -0.461 e. The number of likely N-dealkylation sites (tertiary alicyclic amines) is 1. The topological polar surface area (TPSA) is 84.4 Å². The van der Waals surface area contributed by atoms with Gasteiger partial charge in [-0.1, -0.05) is 5.16 Å². The molecule has 0 spiro atoms. The van der Waals surface area contributed by atoms with Crippen molar-refractivity contribution < 1.29 is 26.9 Å². The van der Waals surface area contributed by atoms with Gasteiger partial charge in [0, 0.05) is 5.92 Å². The van der Waals surface area contributed by atoms with Gasteiger partial charge >= 0.3 is 6.18 Å². The summed E-state index contributed by atoms with van der Waals surface area (Å²) >= 11 is 0. The molecule has 0 unspecified atom stereocenters. The van der Waals surface area contributed by atoms with E-state index < -0.39 is 24.5 Å². The highest BCUT2D eigenvalue weighted by Gasteiger charge is 2.33. The molecule has 1 aliphatic rings. The number of hydrogen-bond donors (Lipinski definition) is 1. The van der Waals surface area contributed by atoms with Gasteiger partial charge in [0.05, 0.1) is 12.3 Å². The smallest absolute Gasteiger partial charge is 0.405 e. The van der Waals surface area contributed by atoms with Crippen LogP contribution in [0.4, 0.5) is 13.2 Å². The Hall–Kier alpha value is -2.36. The van der Waals surface area contributed by atoms with E-state index in [4.69, 9.17) is 8.94 Å². The lowest BCUT2D eigenvalue weighted by atomic mass is 9.95. The Bertz CT molecular complexity index is 721. The van der Waals surface area contributed by atoms with Crippen molar-refractivity contribution in [2.24, 2.45) is 5.92 Å². The number of aromatic nitrogens is 2. The average molecular weight is 372 g/mol. The third-order valence-corrected chi connectivity index (χ3v) is 4.45. The third kappa shape index (κ3) is 4.43. The summed E-state index contributed by atoms with van der Waals surface area (Å²) in [6.07, 6.45) is -1.92. The number of furan rings is 1. The molecule has 0 aromatic carbocycles. The van der Waals surface area contributed by atoms with Gasteiger partial charge in [0.2, 0.25) is 17.6 Å². The van der Waals surface area contributed by atoms with Gasteiger partial charge < -0.3 is 14.3 Å². The highest BCUT2D eigenvalue weighted by molar-refractivity contribution is 5.78. The molecule has 142 valence electrons. The molecule has 1 atom stereocenters. The van der Waals surface area contributed by atoms with Gasteiger partial charge in [-0.2, -0.15) is 18.2 Å². The molecule has 1 fully saturated rings. The number of carbonyl (C=O) groups is 1. The zero-order valence-corrected chi connectivity index (χ0v) is 14.1. The van der Waals surface area contributed by atoms with E-state index >= 15 is 0 Å². The first-order valence-corrected chi connectivity index (χ1v) is 8.29. The Morgan fingerprint density at radius 1 is 1.42 bits per heavy atom. The van der Waals surface area contributed by atoms with Crippen molar-refractivity contribution in [2.45, 2.75) is 32.0 Å². The summed E-state index contributed by atoms with van der Waals surface area (Å²) in [6.45, 7) is 1.73. The molecule has 7 nitrogen and oxygen atoms in total. The van der Waals surface area contributed by atoms with Gasteiger partial charge in [0.15, 0.2) is 5.76 Å². The summed E-state index contributed by atoms with van der Waals surface area (Å²) in [5, 5.41) is 5.84. The number of nitrogens with zero attached hydrogens (tertiary/aromatic N) is 3. The summed E-state index contributed by atoms with van der Waals surface area (Å²) < 4.78 is 47.1. The molecule has 2 aromatic heterocycles. The van der Waals surface area contributed by atoms with Crippen LogP contribution in [0.25, 0.3) is 11.6 Å². The molecule has 1 N–H and O–H groups in total. The predicted octanol–water partition coefficient (Wildman–Crippen LogP) is 2.78. The molecule has 0 bridgehead atoms. The fourth-order valence-corrected chi connectivity index (χ4v) is 2.95. The molecule has 26 heavy (non-hydrogen) atoms. The van der Waals surface area contributed by atoms with Crippen molar-refractivity contribution in [1.82, 2.24) is 20.4 Å². The summed E-state index contributed by atoms with van der Waals surface area (Å²) in [7, 11) is 0. The lowest BCUT2D eigenvalue weighted by Crippen LogP contribution is -2.43. The molecule has 0 aliphatic carbocycles. The maximum absolute atomic E-state index is 12.2. The molecule has 3 heterocycles. The number of halogens is 3. The summed E-state index contributed by atoms with van der Waals surface area (Å²) in [4.78, 5) is 18.2. The number of piperidine rings is 1. The van der Waals surface area contributed by atoms with E-state index in [1.54, 1.807) is 12.1 Å². The van der Waals surface area contributed by atoms with Crippen LogP contribution in [0, 0.1) is 5.92 Å². The van der Waals surface area contributed by atoms with Crippen molar-refractivity contribution >= 4 is 5.91 Å². The maximum atomic E-state index is 12.2. The fraction of sp³-hybridized carbons (Fsp3) is 0.562. The van der Waals surface area contributed by atoms with Crippen LogP contribution < -0.4 is 5.32 Å². The highest BCUT2D eigenvalue weighted by atomic mass is 19.4. The molecule has 10 heteroatoms. The quantitative estimate of drug-likeness (QED) is 0.869. The normalized spacial score (nSPS) is 18.0. The van der Waals surface area contributed by atoms with E-state index in [2.05, 4.69) is 15.0 Å². The van der Waals surface area contributed by atoms with Crippen molar-refractivity contribution in [3.63, 3.8) is 0 Å². The van der Waals surface area contributed by atoms with E-state index in [-0.39, 0.29) is 6.04 Å². The van der Waals surface area contributed by atoms with Crippen LogP contribution in [0.1, 0.15) is 31.7 Å². The third-order valence-electron chi connectivity index (χ3n) is 4.45. The summed E-state index contributed by atoms with van der Waals surface area (Å²) in [5.41, 5.74) is 0. The average Bonchev–Trinajstić information content (AvgIpc) is 3.29. The maximum Gasteiger partial charge on any atom is 0.405 e. The Balaban J connectivity index is 1.52. The Morgan fingerprint density at radius 3 is 2.77 bits per heavy atom. The van der Waals surface area contributed by atoms with Crippen LogP contribution >= 0.6 is 0 Å².